The third-order valence-electron chi connectivity index (χ3n) is 4.28. The van der Waals surface area contributed by atoms with Crippen LogP contribution >= 0.6 is 11.3 Å². The maximum atomic E-state index is 5.60. The molecular formula is C17H19N5OS. The molecule has 0 radical (unpaired) electrons. The van der Waals surface area contributed by atoms with E-state index < -0.39 is 0 Å². The summed E-state index contributed by atoms with van der Waals surface area (Å²) in [6, 6.07) is 10.1. The summed E-state index contributed by atoms with van der Waals surface area (Å²) in [7, 11) is 0. The molecule has 0 amide bonds. The fourth-order valence-corrected chi connectivity index (χ4v) is 3.84. The molecule has 1 aliphatic rings. The predicted octanol–water partition coefficient (Wildman–Crippen LogP) is 3.62. The first-order valence-electron chi connectivity index (χ1n) is 8.21. The lowest BCUT2D eigenvalue weighted by Gasteiger charge is -2.32. The first kappa shape index (κ1) is 15.4. The Morgan fingerprint density at radius 2 is 2.08 bits per heavy atom. The first-order chi connectivity index (χ1) is 11.8. The van der Waals surface area contributed by atoms with E-state index in [9.17, 15) is 0 Å². The Morgan fingerprint density at radius 1 is 1.21 bits per heavy atom. The largest absolute Gasteiger partial charge is 0.337 e. The Morgan fingerprint density at radius 3 is 2.88 bits per heavy atom. The van der Waals surface area contributed by atoms with Gasteiger partial charge in [-0.1, -0.05) is 41.9 Å². The lowest BCUT2D eigenvalue weighted by atomic mass is 10.0. The molecule has 4 rings (SSSR count). The van der Waals surface area contributed by atoms with Crippen LogP contribution in [-0.4, -0.2) is 31.8 Å². The van der Waals surface area contributed by atoms with Gasteiger partial charge in [0.05, 0.1) is 12.6 Å². The summed E-state index contributed by atoms with van der Waals surface area (Å²) in [5.41, 5.74) is 0.981. The lowest BCUT2D eigenvalue weighted by Crippen LogP contribution is -2.33. The van der Waals surface area contributed by atoms with Crippen LogP contribution < -0.4 is 0 Å². The monoisotopic (exact) mass is 341 g/mol. The second-order valence-corrected chi connectivity index (χ2v) is 7.29. The van der Waals surface area contributed by atoms with Crippen molar-refractivity contribution in [2.45, 2.75) is 38.8 Å². The van der Waals surface area contributed by atoms with Crippen LogP contribution in [0, 0.1) is 6.92 Å². The van der Waals surface area contributed by atoms with Gasteiger partial charge in [-0.05, 0) is 26.3 Å². The van der Waals surface area contributed by atoms with Crippen molar-refractivity contribution < 1.29 is 4.52 Å². The lowest BCUT2D eigenvalue weighted by molar-refractivity contribution is 0.111. The van der Waals surface area contributed by atoms with Gasteiger partial charge in [0.15, 0.2) is 0 Å². The second-order valence-electron chi connectivity index (χ2n) is 6.02. The number of aryl methyl sites for hydroxylation is 1. The number of nitrogens with zero attached hydrogens (tertiary/aromatic N) is 5. The van der Waals surface area contributed by atoms with Gasteiger partial charge in [-0.15, -0.1) is 21.5 Å². The Kier molecular flexibility index (Phi) is 4.36. The quantitative estimate of drug-likeness (QED) is 0.722. The molecule has 3 aromatic rings. The zero-order chi connectivity index (χ0) is 16.4. The zero-order valence-electron chi connectivity index (χ0n) is 13.6. The predicted molar refractivity (Wildman–Crippen MR) is 91.4 cm³/mol. The van der Waals surface area contributed by atoms with E-state index in [1.165, 1.54) is 12.8 Å². The van der Waals surface area contributed by atoms with E-state index in [1.807, 2.05) is 37.3 Å². The molecule has 0 N–H and O–H groups in total. The molecule has 0 bridgehead atoms. The van der Waals surface area contributed by atoms with Gasteiger partial charge in [0.1, 0.15) is 10.0 Å². The standard InChI is InChI=1S/C17H19N5OS/c1-12-19-20-15(24-12)11-22-10-6-5-9-14(22)17-18-16(21-23-17)13-7-3-2-4-8-13/h2-4,7-8,14H,5-6,9-11H2,1H3/t14-/m1/s1. The van der Waals surface area contributed by atoms with Crippen LogP contribution in [0.2, 0.25) is 0 Å². The van der Waals surface area contributed by atoms with Gasteiger partial charge < -0.3 is 4.52 Å². The molecule has 1 aliphatic heterocycles. The zero-order valence-corrected chi connectivity index (χ0v) is 14.4. The molecule has 0 spiro atoms. The minimum atomic E-state index is 0.160. The smallest absolute Gasteiger partial charge is 0.244 e. The normalized spacial score (nSPS) is 18.8. The molecule has 24 heavy (non-hydrogen) atoms. The van der Waals surface area contributed by atoms with E-state index >= 15 is 0 Å². The highest BCUT2D eigenvalue weighted by Gasteiger charge is 2.29. The SMILES string of the molecule is Cc1nnc(CN2CCCC[C@@H]2c2nc(-c3ccccc3)no2)s1. The van der Waals surface area contributed by atoms with Crippen LogP contribution in [-0.2, 0) is 6.54 Å². The average molecular weight is 341 g/mol. The van der Waals surface area contributed by atoms with Crippen LogP contribution in [0.4, 0.5) is 0 Å². The molecular weight excluding hydrogens is 322 g/mol. The van der Waals surface area contributed by atoms with Crippen molar-refractivity contribution in [1.82, 2.24) is 25.2 Å². The van der Waals surface area contributed by atoms with Crippen LogP contribution in [0.25, 0.3) is 11.4 Å². The fraction of sp³-hybridized carbons (Fsp3) is 0.412. The molecule has 1 atom stereocenters. The molecule has 1 aromatic carbocycles. The number of aromatic nitrogens is 4. The van der Waals surface area contributed by atoms with Gasteiger partial charge in [0, 0.05) is 5.56 Å². The topological polar surface area (TPSA) is 67.9 Å². The van der Waals surface area contributed by atoms with E-state index in [0.717, 1.165) is 35.1 Å². The van der Waals surface area contributed by atoms with Crippen LogP contribution in [0.3, 0.4) is 0 Å². The van der Waals surface area contributed by atoms with Crippen molar-refractivity contribution in [3.8, 4) is 11.4 Å². The van der Waals surface area contributed by atoms with Crippen molar-refractivity contribution >= 4 is 11.3 Å². The third kappa shape index (κ3) is 3.22. The molecule has 124 valence electrons. The van der Waals surface area contributed by atoms with E-state index in [2.05, 4.69) is 25.2 Å². The summed E-state index contributed by atoms with van der Waals surface area (Å²) in [5.74, 6) is 1.36. The third-order valence-corrected chi connectivity index (χ3v) is 5.10. The summed E-state index contributed by atoms with van der Waals surface area (Å²) in [6.07, 6.45) is 3.40. The fourth-order valence-electron chi connectivity index (χ4n) is 3.11. The second kappa shape index (κ2) is 6.78. The van der Waals surface area contributed by atoms with Crippen molar-refractivity contribution in [3.63, 3.8) is 0 Å². The summed E-state index contributed by atoms with van der Waals surface area (Å²) >= 11 is 1.65. The van der Waals surface area contributed by atoms with Gasteiger partial charge in [0.2, 0.25) is 11.7 Å². The molecule has 0 saturated carbocycles. The van der Waals surface area contributed by atoms with Crippen molar-refractivity contribution in [2.75, 3.05) is 6.54 Å². The van der Waals surface area contributed by atoms with Crippen LogP contribution in [0.1, 0.15) is 41.2 Å². The first-order valence-corrected chi connectivity index (χ1v) is 9.03. The highest BCUT2D eigenvalue weighted by Crippen LogP contribution is 2.32. The Hall–Kier alpha value is -2.12. The number of piperidine rings is 1. The number of benzene rings is 1. The number of rotatable bonds is 4. The molecule has 0 aliphatic carbocycles. The number of hydrogen-bond acceptors (Lipinski definition) is 7. The minimum Gasteiger partial charge on any atom is -0.337 e. The number of likely N-dealkylation sites (tertiary alicyclic amines) is 1. The van der Waals surface area contributed by atoms with E-state index in [4.69, 9.17) is 4.52 Å². The molecule has 7 heteroatoms. The summed E-state index contributed by atoms with van der Waals surface area (Å²) in [4.78, 5) is 7.03. The van der Waals surface area contributed by atoms with Crippen molar-refractivity contribution in [2.24, 2.45) is 0 Å². The molecule has 0 unspecified atom stereocenters. The molecule has 3 heterocycles. The highest BCUT2D eigenvalue weighted by molar-refractivity contribution is 7.11. The van der Waals surface area contributed by atoms with Gasteiger partial charge >= 0.3 is 0 Å². The Balaban J connectivity index is 1.55. The maximum absolute atomic E-state index is 5.60. The van der Waals surface area contributed by atoms with E-state index in [-0.39, 0.29) is 6.04 Å². The summed E-state index contributed by atoms with van der Waals surface area (Å²) in [6.45, 7) is 3.80. The van der Waals surface area contributed by atoms with Crippen LogP contribution in [0.15, 0.2) is 34.9 Å². The number of hydrogen-bond donors (Lipinski definition) is 0. The van der Waals surface area contributed by atoms with Gasteiger partial charge in [-0.3, -0.25) is 4.90 Å². The summed E-state index contributed by atoms with van der Waals surface area (Å²) < 4.78 is 5.60. The molecule has 1 fully saturated rings. The van der Waals surface area contributed by atoms with Crippen molar-refractivity contribution in [1.29, 1.82) is 0 Å². The van der Waals surface area contributed by atoms with Crippen LogP contribution in [0.5, 0.6) is 0 Å². The van der Waals surface area contributed by atoms with Gasteiger partial charge in [-0.25, -0.2) is 0 Å². The average Bonchev–Trinajstić information content (AvgIpc) is 3.26. The highest BCUT2D eigenvalue weighted by atomic mass is 32.1. The molecule has 2 aromatic heterocycles. The maximum Gasteiger partial charge on any atom is 0.244 e. The van der Waals surface area contributed by atoms with E-state index in [0.29, 0.717) is 11.7 Å². The Labute approximate surface area is 144 Å². The molecule has 6 nitrogen and oxygen atoms in total. The van der Waals surface area contributed by atoms with Crippen molar-refractivity contribution in [3.05, 3.63) is 46.2 Å². The Bertz CT molecular complexity index is 800. The summed E-state index contributed by atoms with van der Waals surface area (Å²) in [5, 5.41) is 14.6. The van der Waals surface area contributed by atoms with E-state index in [1.54, 1.807) is 11.3 Å². The van der Waals surface area contributed by atoms with Gasteiger partial charge in [-0.2, -0.15) is 4.98 Å². The van der Waals surface area contributed by atoms with Gasteiger partial charge in [0.25, 0.3) is 0 Å². The minimum absolute atomic E-state index is 0.160. The molecule has 1 saturated heterocycles.